The van der Waals surface area contributed by atoms with Gasteiger partial charge in [-0.2, -0.15) is 0 Å². The molecule has 1 unspecified atom stereocenters. The van der Waals surface area contributed by atoms with Crippen molar-refractivity contribution < 1.29 is 9.84 Å². The van der Waals surface area contributed by atoms with E-state index in [0.717, 1.165) is 15.4 Å². The van der Waals surface area contributed by atoms with E-state index in [1.54, 1.807) is 29.4 Å². The standard InChI is InChI=1S/C15H14BrN3O2/c16-12-2-3-14-11(7-12)1-4-15(18-14)21-9-13(20)8-19-6-5-17-10-19/h1-7,10,13,20H,8-9H2. The zero-order chi connectivity index (χ0) is 14.7. The lowest BCUT2D eigenvalue weighted by Gasteiger charge is -2.12. The second kappa shape index (κ2) is 6.24. The lowest BCUT2D eigenvalue weighted by atomic mass is 10.2. The number of fused-ring (bicyclic) bond motifs is 1. The quantitative estimate of drug-likeness (QED) is 0.770. The number of ether oxygens (including phenoxy) is 1. The van der Waals surface area contributed by atoms with E-state index in [-0.39, 0.29) is 6.61 Å². The minimum Gasteiger partial charge on any atom is -0.475 e. The van der Waals surface area contributed by atoms with Crippen molar-refractivity contribution in [3.63, 3.8) is 0 Å². The number of nitrogens with zero attached hydrogens (tertiary/aromatic N) is 3. The first kappa shape index (κ1) is 14.0. The monoisotopic (exact) mass is 347 g/mol. The van der Waals surface area contributed by atoms with Gasteiger partial charge >= 0.3 is 0 Å². The van der Waals surface area contributed by atoms with Crippen molar-refractivity contribution in [1.82, 2.24) is 14.5 Å². The number of rotatable bonds is 5. The molecule has 0 aliphatic heterocycles. The molecule has 0 spiro atoms. The largest absolute Gasteiger partial charge is 0.475 e. The smallest absolute Gasteiger partial charge is 0.213 e. The van der Waals surface area contributed by atoms with Crippen molar-refractivity contribution in [1.29, 1.82) is 0 Å². The van der Waals surface area contributed by atoms with E-state index in [1.807, 2.05) is 24.3 Å². The highest BCUT2D eigenvalue weighted by molar-refractivity contribution is 9.10. The molecule has 2 aromatic heterocycles. The van der Waals surface area contributed by atoms with Gasteiger partial charge < -0.3 is 14.4 Å². The van der Waals surface area contributed by atoms with E-state index >= 15 is 0 Å². The lowest BCUT2D eigenvalue weighted by molar-refractivity contribution is 0.0904. The van der Waals surface area contributed by atoms with Crippen molar-refractivity contribution in [2.45, 2.75) is 12.6 Å². The zero-order valence-corrected chi connectivity index (χ0v) is 12.8. The Labute approximate surface area is 130 Å². The SMILES string of the molecule is OC(COc1ccc2cc(Br)ccc2n1)Cn1ccnc1. The van der Waals surface area contributed by atoms with Gasteiger partial charge in [-0.3, -0.25) is 0 Å². The Morgan fingerprint density at radius 1 is 1.29 bits per heavy atom. The maximum Gasteiger partial charge on any atom is 0.213 e. The Morgan fingerprint density at radius 3 is 3.00 bits per heavy atom. The average molecular weight is 348 g/mol. The van der Waals surface area contributed by atoms with Crippen LogP contribution in [0.1, 0.15) is 0 Å². The van der Waals surface area contributed by atoms with Gasteiger partial charge in [-0.1, -0.05) is 15.9 Å². The van der Waals surface area contributed by atoms with Crippen molar-refractivity contribution >= 4 is 26.8 Å². The molecule has 0 saturated carbocycles. The number of aliphatic hydroxyl groups is 1. The molecule has 0 saturated heterocycles. The van der Waals surface area contributed by atoms with Crippen LogP contribution in [0.4, 0.5) is 0 Å². The van der Waals surface area contributed by atoms with E-state index in [9.17, 15) is 5.11 Å². The summed E-state index contributed by atoms with van der Waals surface area (Å²) in [5, 5.41) is 11.0. The molecule has 1 N–H and O–H groups in total. The highest BCUT2D eigenvalue weighted by atomic mass is 79.9. The molecule has 0 aliphatic rings. The molecule has 108 valence electrons. The Hall–Kier alpha value is -1.92. The number of benzene rings is 1. The van der Waals surface area contributed by atoms with Crippen LogP contribution in [0.2, 0.25) is 0 Å². The van der Waals surface area contributed by atoms with Crippen LogP contribution in [-0.2, 0) is 6.54 Å². The highest BCUT2D eigenvalue weighted by Gasteiger charge is 2.07. The Morgan fingerprint density at radius 2 is 2.19 bits per heavy atom. The third-order valence-electron chi connectivity index (χ3n) is 3.03. The Balaban J connectivity index is 1.63. The van der Waals surface area contributed by atoms with Crippen molar-refractivity contribution in [2.24, 2.45) is 0 Å². The van der Waals surface area contributed by atoms with E-state index in [4.69, 9.17) is 4.74 Å². The molecule has 5 nitrogen and oxygen atoms in total. The molecule has 3 rings (SSSR count). The Bertz CT molecular complexity index is 731. The lowest BCUT2D eigenvalue weighted by Crippen LogP contribution is -2.23. The minimum atomic E-state index is -0.610. The van der Waals surface area contributed by atoms with E-state index in [1.165, 1.54) is 0 Å². The molecule has 0 aliphatic carbocycles. The van der Waals surface area contributed by atoms with Gasteiger partial charge in [-0.15, -0.1) is 0 Å². The summed E-state index contributed by atoms with van der Waals surface area (Å²) in [6, 6.07) is 9.62. The number of halogens is 1. The molecular formula is C15H14BrN3O2. The summed E-state index contributed by atoms with van der Waals surface area (Å²) in [5.41, 5.74) is 0.861. The first-order valence-corrected chi connectivity index (χ1v) is 7.33. The predicted octanol–water partition coefficient (Wildman–Crippen LogP) is 2.63. The molecule has 0 fully saturated rings. The summed E-state index contributed by atoms with van der Waals surface area (Å²) in [6.07, 6.45) is 4.53. The summed E-state index contributed by atoms with van der Waals surface area (Å²) in [7, 11) is 0. The third-order valence-corrected chi connectivity index (χ3v) is 3.52. The van der Waals surface area contributed by atoms with Crippen LogP contribution in [0.15, 0.2) is 53.5 Å². The maximum absolute atomic E-state index is 9.92. The normalized spacial score (nSPS) is 12.5. The van der Waals surface area contributed by atoms with Gasteiger partial charge in [0.2, 0.25) is 5.88 Å². The second-order valence-corrected chi connectivity index (χ2v) is 5.63. The molecule has 2 heterocycles. The van der Waals surface area contributed by atoms with E-state index < -0.39 is 6.10 Å². The number of pyridine rings is 1. The van der Waals surface area contributed by atoms with Gasteiger partial charge in [-0.05, 0) is 24.3 Å². The molecule has 0 amide bonds. The molecule has 21 heavy (non-hydrogen) atoms. The Kier molecular flexibility index (Phi) is 4.17. The number of aromatic nitrogens is 3. The molecule has 1 aromatic carbocycles. The van der Waals surface area contributed by atoms with Gasteiger partial charge in [0, 0.05) is 28.3 Å². The van der Waals surface area contributed by atoms with Crippen molar-refractivity contribution in [3.05, 3.63) is 53.5 Å². The second-order valence-electron chi connectivity index (χ2n) is 4.71. The van der Waals surface area contributed by atoms with Crippen LogP contribution in [0.5, 0.6) is 5.88 Å². The van der Waals surface area contributed by atoms with Crippen molar-refractivity contribution in [3.8, 4) is 5.88 Å². The molecule has 0 radical (unpaired) electrons. The average Bonchev–Trinajstić information content (AvgIpc) is 2.98. The van der Waals surface area contributed by atoms with Crippen LogP contribution in [0.25, 0.3) is 10.9 Å². The van der Waals surface area contributed by atoms with E-state index in [0.29, 0.717) is 12.4 Å². The first-order valence-electron chi connectivity index (χ1n) is 6.53. The van der Waals surface area contributed by atoms with Crippen LogP contribution < -0.4 is 4.74 Å². The molecule has 1 atom stereocenters. The third kappa shape index (κ3) is 3.59. The van der Waals surface area contributed by atoms with Gasteiger partial charge in [0.15, 0.2) is 0 Å². The molecular weight excluding hydrogens is 334 g/mol. The van der Waals surface area contributed by atoms with Gasteiger partial charge in [0.05, 0.1) is 18.4 Å². The van der Waals surface area contributed by atoms with Crippen LogP contribution in [-0.4, -0.2) is 32.4 Å². The van der Waals surface area contributed by atoms with Crippen molar-refractivity contribution in [2.75, 3.05) is 6.61 Å². The fourth-order valence-corrected chi connectivity index (χ4v) is 2.41. The summed E-state index contributed by atoms with van der Waals surface area (Å²) in [6.45, 7) is 0.633. The minimum absolute atomic E-state index is 0.188. The number of hydrogen-bond donors (Lipinski definition) is 1. The molecule has 3 aromatic rings. The maximum atomic E-state index is 9.92. The topological polar surface area (TPSA) is 60.2 Å². The fraction of sp³-hybridized carbons (Fsp3) is 0.200. The number of imidazole rings is 1. The van der Waals surface area contributed by atoms with Gasteiger partial charge in [0.1, 0.15) is 12.7 Å². The molecule has 0 bridgehead atoms. The molecule has 6 heteroatoms. The predicted molar refractivity (Wildman–Crippen MR) is 83.2 cm³/mol. The zero-order valence-electron chi connectivity index (χ0n) is 11.2. The fourth-order valence-electron chi connectivity index (χ4n) is 2.03. The highest BCUT2D eigenvalue weighted by Crippen LogP contribution is 2.20. The number of hydrogen-bond acceptors (Lipinski definition) is 4. The summed E-state index contributed by atoms with van der Waals surface area (Å²) in [5.74, 6) is 0.509. The van der Waals surface area contributed by atoms with Crippen LogP contribution >= 0.6 is 15.9 Å². The summed E-state index contributed by atoms with van der Waals surface area (Å²) < 4.78 is 8.37. The number of aliphatic hydroxyl groups excluding tert-OH is 1. The summed E-state index contributed by atoms with van der Waals surface area (Å²) in [4.78, 5) is 8.34. The van der Waals surface area contributed by atoms with Crippen LogP contribution in [0.3, 0.4) is 0 Å². The first-order chi connectivity index (χ1) is 10.2. The van der Waals surface area contributed by atoms with Crippen LogP contribution in [0, 0.1) is 0 Å². The summed E-state index contributed by atoms with van der Waals surface area (Å²) >= 11 is 3.43. The van der Waals surface area contributed by atoms with Gasteiger partial charge in [0.25, 0.3) is 0 Å². The van der Waals surface area contributed by atoms with E-state index in [2.05, 4.69) is 25.9 Å². The van der Waals surface area contributed by atoms with Gasteiger partial charge in [-0.25, -0.2) is 9.97 Å².